The highest BCUT2D eigenvalue weighted by Gasteiger charge is 2.21. The zero-order valence-electron chi connectivity index (χ0n) is 18.3. The minimum atomic E-state index is -1.37. The number of ether oxygens (including phenoxy) is 2. The van der Waals surface area contributed by atoms with Crippen molar-refractivity contribution < 1.29 is 36.9 Å². The molecular weight excluding hydrogens is 464 g/mol. The molecule has 0 saturated heterocycles. The Kier molecular flexibility index (Phi) is 6.84. The van der Waals surface area contributed by atoms with E-state index in [0.717, 1.165) is 6.07 Å². The molecule has 0 fully saturated rings. The Morgan fingerprint density at radius 3 is 1.83 bits per heavy atom. The van der Waals surface area contributed by atoms with Gasteiger partial charge in [0.1, 0.15) is 5.75 Å². The molecular formula is C27H18F4O4. The van der Waals surface area contributed by atoms with Gasteiger partial charge in [-0.2, -0.15) is 4.39 Å². The highest BCUT2D eigenvalue weighted by Crippen LogP contribution is 2.31. The summed E-state index contributed by atoms with van der Waals surface area (Å²) in [6.07, 6.45) is 0. The highest BCUT2D eigenvalue weighted by atomic mass is 19.2. The molecule has 178 valence electrons. The Labute approximate surface area is 198 Å². The third-order valence-corrected chi connectivity index (χ3v) is 5.39. The summed E-state index contributed by atoms with van der Waals surface area (Å²) in [7, 11) is 1.22. The van der Waals surface area contributed by atoms with E-state index < -0.39 is 34.8 Å². The fourth-order valence-electron chi connectivity index (χ4n) is 3.50. The van der Waals surface area contributed by atoms with Crippen molar-refractivity contribution in [2.45, 2.75) is 6.61 Å². The molecule has 4 rings (SSSR count). The fourth-order valence-corrected chi connectivity index (χ4v) is 3.50. The fraction of sp³-hybridized carbons (Fsp3) is 0.0741. The van der Waals surface area contributed by atoms with E-state index in [1.165, 1.54) is 61.7 Å². The number of hydrogen-bond donors (Lipinski definition) is 1. The molecule has 0 radical (unpaired) electrons. The van der Waals surface area contributed by atoms with Gasteiger partial charge >= 0.3 is 5.97 Å². The molecule has 0 aliphatic rings. The summed E-state index contributed by atoms with van der Waals surface area (Å²) in [6.45, 7) is -0.186. The van der Waals surface area contributed by atoms with Crippen LogP contribution in [0.5, 0.6) is 11.5 Å². The Morgan fingerprint density at radius 2 is 1.26 bits per heavy atom. The molecule has 4 aromatic rings. The summed E-state index contributed by atoms with van der Waals surface area (Å²) in [4.78, 5) is 12.5. The van der Waals surface area contributed by atoms with Crippen LogP contribution in [0.3, 0.4) is 0 Å². The third kappa shape index (κ3) is 4.74. The summed E-state index contributed by atoms with van der Waals surface area (Å²) >= 11 is 0. The van der Waals surface area contributed by atoms with Gasteiger partial charge in [-0.25, -0.2) is 18.0 Å². The Hall–Kier alpha value is -4.17. The van der Waals surface area contributed by atoms with Crippen molar-refractivity contribution in [3.63, 3.8) is 0 Å². The van der Waals surface area contributed by atoms with Crippen molar-refractivity contribution in [1.82, 2.24) is 0 Å². The van der Waals surface area contributed by atoms with Gasteiger partial charge in [0, 0.05) is 11.1 Å². The number of esters is 1. The van der Waals surface area contributed by atoms with E-state index in [2.05, 4.69) is 0 Å². The number of methoxy groups -OCH3 is 1. The second kappa shape index (κ2) is 9.99. The highest BCUT2D eigenvalue weighted by molar-refractivity contribution is 5.92. The smallest absolute Gasteiger partial charge is 0.346 e. The van der Waals surface area contributed by atoms with Crippen molar-refractivity contribution in [2.24, 2.45) is 0 Å². The first-order chi connectivity index (χ1) is 16.8. The summed E-state index contributed by atoms with van der Waals surface area (Å²) in [5, 5.41) is 9.11. The molecule has 1 N–H and O–H groups in total. The van der Waals surface area contributed by atoms with Crippen LogP contribution in [0.15, 0.2) is 72.8 Å². The van der Waals surface area contributed by atoms with Gasteiger partial charge in [-0.1, -0.05) is 42.5 Å². The van der Waals surface area contributed by atoms with E-state index in [1.807, 2.05) is 0 Å². The predicted molar refractivity (Wildman–Crippen MR) is 121 cm³/mol. The summed E-state index contributed by atoms with van der Waals surface area (Å²) in [6, 6.07) is 16.6. The van der Waals surface area contributed by atoms with Gasteiger partial charge in [0.25, 0.3) is 0 Å². The van der Waals surface area contributed by atoms with Gasteiger partial charge in [0.15, 0.2) is 23.2 Å². The molecule has 0 bridgehead atoms. The van der Waals surface area contributed by atoms with Crippen molar-refractivity contribution in [1.29, 1.82) is 0 Å². The number of hydrogen-bond acceptors (Lipinski definition) is 4. The van der Waals surface area contributed by atoms with Gasteiger partial charge in [-0.05, 0) is 47.0 Å². The van der Waals surface area contributed by atoms with Crippen LogP contribution in [0.1, 0.15) is 15.9 Å². The van der Waals surface area contributed by atoms with Gasteiger partial charge in [0.05, 0.1) is 19.3 Å². The largest absolute Gasteiger partial charge is 0.494 e. The molecule has 0 amide bonds. The van der Waals surface area contributed by atoms with E-state index in [-0.39, 0.29) is 29.2 Å². The maximum Gasteiger partial charge on any atom is 0.346 e. The maximum atomic E-state index is 14.7. The van der Waals surface area contributed by atoms with Crippen LogP contribution >= 0.6 is 0 Å². The van der Waals surface area contributed by atoms with Crippen molar-refractivity contribution in [3.05, 3.63) is 107 Å². The van der Waals surface area contributed by atoms with Crippen LogP contribution in [-0.2, 0) is 6.61 Å². The summed E-state index contributed by atoms with van der Waals surface area (Å²) in [5.41, 5.74) is 0.596. The first kappa shape index (κ1) is 24.0. The van der Waals surface area contributed by atoms with Crippen molar-refractivity contribution in [3.8, 4) is 33.8 Å². The molecule has 0 aliphatic carbocycles. The molecule has 0 aromatic heterocycles. The lowest BCUT2D eigenvalue weighted by Crippen LogP contribution is -2.12. The minimum Gasteiger partial charge on any atom is -0.494 e. The van der Waals surface area contributed by atoms with Crippen molar-refractivity contribution in [2.75, 3.05) is 7.11 Å². The molecule has 0 atom stereocenters. The standard InChI is InChI=1S/C27H18F4O4/c1-34-22-13-12-20(24(29)26(22)31)17-6-8-18(9-7-17)35-27(33)21-11-10-19(23(28)25(21)30)16-4-2-15(14-32)3-5-16/h2-13,32H,14H2,1H3. The van der Waals surface area contributed by atoms with Crippen LogP contribution in [0.2, 0.25) is 0 Å². The Morgan fingerprint density at radius 1 is 0.714 bits per heavy atom. The SMILES string of the molecule is COc1ccc(-c2ccc(OC(=O)c3ccc(-c4ccc(CO)cc4)c(F)c3F)cc2)c(F)c1F. The van der Waals surface area contributed by atoms with Crippen LogP contribution in [0.25, 0.3) is 22.3 Å². The zero-order chi connectivity index (χ0) is 25.1. The molecule has 4 aromatic carbocycles. The van der Waals surface area contributed by atoms with Gasteiger partial charge in [-0.3, -0.25) is 0 Å². The van der Waals surface area contributed by atoms with E-state index in [0.29, 0.717) is 16.7 Å². The quantitative estimate of drug-likeness (QED) is 0.199. The number of aliphatic hydroxyl groups is 1. The van der Waals surface area contributed by atoms with Crippen molar-refractivity contribution >= 4 is 5.97 Å². The Bertz CT molecular complexity index is 1380. The van der Waals surface area contributed by atoms with Crippen LogP contribution in [0.4, 0.5) is 17.6 Å². The number of benzene rings is 4. The molecule has 0 saturated carbocycles. The molecule has 0 unspecified atom stereocenters. The number of halogens is 4. The lowest BCUT2D eigenvalue weighted by Gasteiger charge is -2.11. The lowest BCUT2D eigenvalue weighted by atomic mass is 10.0. The first-order valence-corrected chi connectivity index (χ1v) is 10.4. The van der Waals surface area contributed by atoms with Crippen LogP contribution < -0.4 is 9.47 Å². The van der Waals surface area contributed by atoms with E-state index >= 15 is 0 Å². The summed E-state index contributed by atoms with van der Waals surface area (Å²) in [5.74, 6) is -6.19. The topological polar surface area (TPSA) is 55.8 Å². The first-order valence-electron chi connectivity index (χ1n) is 10.4. The van der Waals surface area contributed by atoms with Gasteiger partial charge in [-0.15, -0.1) is 0 Å². The normalized spacial score (nSPS) is 10.8. The molecule has 0 aliphatic heterocycles. The van der Waals surface area contributed by atoms with E-state index in [9.17, 15) is 22.4 Å². The predicted octanol–water partition coefficient (Wildman–Crippen LogP) is 6.30. The lowest BCUT2D eigenvalue weighted by molar-refractivity contribution is 0.0728. The van der Waals surface area contributed by atoms with Gasteiger partial charge in [0.2, 0.25) is 5.82 Å². The van der Waals surface area contributed by atoms with E-state index in [1.54, 1.807) is 12.1 Å². The average molecular weight is 482 g/mol. The third-order valence-electron chi connectivity index (χ3n) is 5.39. The molecule has 0 heterocycles. The van der Waals surface area contributed by atoms with Crippen LogP contribution in [0, 0.1) is 23.3 Å². The van der Waals surface area contributed by atoms with Crippen LogP contribution in [-0.4, -0.2) is 18.2 Å². The molecule has 8 heteroatoms. The van der Waals surface area contributed by atoms with Gasteiger partial charge < -0.3 is 14.6 Å². The minimum absolute atomic E-state index is 0.00313. The molecule has 4 nitrogen and oxygen atoms in total. The molecule has 35 heavy (non-hydrogen) atoms. The maximum absolute atomic E-state index is 14.7. The average Bonchev–Trinajstić information content (AvgIpc) is 2.88. The molecule has 0 spiro atoms. The van der Waals surface area contributed by atoms with E-state index in [4.69, 9.17) is 14.6 Å². The number of aliphatic hydroxyl groups excluding tert-OH is 1. The number of rotatable bonds is 6. The second-order valence-corrected chi connectivity index (χ2v) is 7.50. The monoisotopic (exact) mass is 482 g/mol. The Balaban J connectivity index is 1.54. The summed E-state index contributed by atoms with van der Waals surface area (Å²) < 4.78 is 67.5. The zero-order valence-corrected chi connectivity index (χ0v) is 18.3. The second-order valence-electron chi connectivity index (χ2n) is 7.50. The number of carbonyl (C=O) groups is 1. The number of carbonyl (C=O) groups excluding carboxylic acids is 1.